The van der Waals surface area contributed by atoms with Gasteiger partial charge in [0.15, 0.2) is 6.61 Å². The van der Waals surface area contributed by atoms with Crippen LogP contribution in [0.3, 0.4) is 0 Å². The number of esters is 1. The zero-order valence-corrected chi connectivity index (χ0v) is 15.1. The molecule has 28 heavy (non-hydrogen) atoms. The Balaban J connectivity index is 1.59. The first-order valence-electron chi connectivity index (χ1n) is 8.64. The molecule has 1 amide bonds. The van der Waals surface area contributed by atoms with Crippen LogP contribution >= 0.6 is 0 Å². The quantitative estimate of drug-likeness (QED) is 0.400. The summed E-state index contributed by atoms with van der Waals surface area (Å²) < 4.78 is 4.99. The maximum atomic E-state index is 12.2. The monoisotopic (exact) mass is 378 g/mol. The molecule has 1 N–H and O–H groups in total. The SMILES string of the molecule is C[C@H](NC(=O)COC(=O)c1ccc([N+](=O)[O-])cc1)c1cccc2ccccc12. The van der Waals surface area contributed by atoms with Gasteiger partial charge in [-0.2, -0.15) is 0 Å². The molecule has 0 bridgehead atoms. The van der Waals surface area contributed by atoms with Crippen molar-refractivity contribution in [2.45, 2.75) is 13.0 Å². The van der Waals surface area contributed by atoms with E-state index >= 15 is 0 Å². The van der Waals surface area contributed by atoms with E-state index in [0.29, 0.717) is 0 Å². The third-order valence-electron chi connectivity index (χ3n) is 4.32. The number of benzene rings is 3. The molecule has 1 atom stereocenters. The first kappa shape index (κ1) is 19.0. The number of nitro benzene ring substituents is 1. The molecule has 0 aliphatic heterocycles. The van der Waals surface area contributed by atoms with E-state index in [9.17, 15) is 19.7 Å². The summed E-state index contributed by atoms with van der Waals surface area (Å²) >= 11 is 0. The Morgan fingerprint density at radius 1 is 1.04 bits per heavy atom. The highest BCUT2D eigenvalue weighted by Gasteiger charge is 2.15. The van der Waals surface area contributed by atoms with E-state index in [-0.39, 0.29) is 17.3 Å². The summed E-state index contributed by atoms with van der Waals surface area (Å²) in [6.07, 6.45) is 0. The van der Waals surface area contributed by atoms with Gasteiger partial charge < -0.3 is 10.1 Å². The van der Waals surface area contributed by atoms with Crippen LogP contribution in [0.2, 0.25) is 0 Å². The Bertz CT molecular complexity index is 1030. The van der Waals surface area contributed by atoms with Gasteiger partial charge in [0.1, 0.15) is 0 Å². The first-order valence-corrected chi connectivity index (χ1v) is 8.64. The molecular formula is C21H18N2O5. The number of carbonyl (C=O) groups excluding carboxylic acids is 2. The van der Waals surface area contributed by atoms with Crippen LogP contribution in [0.4, 0.5) is 5.69 Å². The summed E-state index contributed by atoms with van der Waals surface area (Å²) in [5.74, 6) is -1.15. The lowest BCUT2D eigenvalue weighted by Crippen LogP contribution is -2.31. The third kappa shape index (κ3) is 4.32. The molecule has 0 unspecified atom stereocenters. The molecule has 0 fully saturated rings. The maximum Gasteiger partial charge on any atom is 0.338 e. The largest absolute Gasteiger partial charge is 0.452 e. The van der Waals surface area contributed by atoms with E-state index in [1.165, 1.54) is 24.3 Å². The van der Waals surface area contributed by atoms with Crippen LogP contribution in [-0.4, -0.2) is 23.4 Å². The van der Waals surface area contributed by atoms with Crippen LogP contribution in [0.1, 0.15) is 28.9 Å². The standard InChI is InChI=1S/C21H18N2O5/c1-14(18-8-4-6-15-5-2-3-7-19(15)18)22-20(24)13-28-21(25)16-9-11-17(12-10-16)23(26)27/h2-12,14H,13H2,1H3,(H,22,24)/t14-/m0/s1. The second-order valence-corrected chi connectivity index (χ2v) is 6.24. The molecule has 0 saturated heterocycles. The predicted molar refractivity (Wildman–Crippen MR) is 104 cm³/mol. The summed E-state index contributed by atoms with van der Waals surface area (Å²) in [6.45, 7) is 1.42. The van der Waals surface area contributed by atoms with Gasteiger partial charge in [-0.3, -0.25) is 14.9 Å². The number of ether oxygens (including phenoxy) is 1. The fourth-order valence-corrected chi connectivity index (χ4v) is 2.92. The van der Waals surface area contributed by atoms with Crippen molar-refractivity contribution in [3.8, 4) is 0 Å². The van der Waals surface area contributed by atoms with E-state index < -0.39 is 23.4 Å². The zero-order valence-electron chi connectivity index (χ0n) is 15.1. The minimum atomic E-state index is -0.720. The van der Waals surface area contributed by atoms with Crippen molar-refractivity contribution in [2.24, 2.45) is 0 Å². The lowest BCUT2D eigenvalue weighted by atomic mass is 10.00. The van der Waals surface area contributed by atoms with E-state index in [1.807, 2.05) is 49.4 Å². The molecule has 7 heteroatoms. The highest BCUT2D eigenvalue weighted by Crippen LogP contribution is 2.24. The van der Waals surface area contributed by atoms with Crippen LogP contribution in [-0.2, 0) is 9.53 Å². The van der Waals surface area contributed by atoms with Crippen molar-refractivity contribution in [3.05, 3.63) is 88.0 Å². The number of amides is 1. The molecule has 0 radical (unpaired) electrons. The van der Waals surface area contributed by atoms with Crippen molar-refractivity contribution in [1.29, 1.82) is 0 Å². The Kier molecular flexibility index (Phi) is 5.64. The fourth-order valence-electron chi connectivity index (χ4n) is 2.92. The van der Waals surface area contributed by atoms with Crippen LogP contribution < -0.4 is 5.32 Å². The number of hydrogen-bond acceptors (Lipinski definition) is 5. The first-order chi connectivity index (χ1) is 13.5. The van der Waals surface area contributed by atoms with Gasteiger partial charge in [0.25, 0.3) is 11.6 Å². The van der Waals surface area contributed by atoms with Gasteiger partial charge in [-0.15, -0.1) is 0 Å². The Morgan fingerprint density at radius 3 is 2.43 bits per heavy atom. The molecule has 142 valence electrons. The second kappa shape index (κ2) is 8.30. The average molecular weight is 378 g/mol. The van der Waals surface area contributed by atoms with E-state index in [0.717, 1.165) is 16.3 Å². The molecular weight excluding hydrogens is 360 g/mol. The van der Waals surface area contributed by atoms with Gasteiger partial charge >= 0.3 is 5.97 Å². The maximum absolute atomic E-state index is 12.2. The number of nitro groups is 1. The van der Waals surface area contributed by atoms with E-state index in [2.05, 4.69) is 5.32 Å². The summed E-state index contributed by atoms with van der Waals surface area (Å²) in [5, 5.41) is 15.6. The van der Waals surface area contributed by atoms with Crippen molar-refractivity contribution >= 4 is 28.3 Å². The van der Waals surface area contributed by atoms with Crippen LogP contribution in [0, 0.1) is 10.1 Å². The zero-order chi connectivity index (χ0) is 20.1. The van der Waals surface area contributed by atoms with Gasteiger partial charge in [0.05, 0.1) is 16.5 Å². The number of nitrogens with one attached hydrogen (secondary N) is 1. The summed E-state index contributed by atoms with van der Waals surface area (Å²) in [6, 6.07) is 18.5. The number of nitrogens with zero attached hydrogens (tertiary/aromatic N) is 1. The Morgan fingerprint density at radius 2 is 1.71 bits per heavy atom. The van der Waals surface area contributed by atoms with Gasteiger partial charge in [0, 0.05) is 12.1 Å². The van der Waals surface area contributed by atoms with Gasteiger partial charge in [-0.25, -0.2) is 4.79 Å². The van der Waals surface area contributed by atoms with Crippen molar-refractivity contribution < 1.29 is 19.2 Å². The minimum absolute atomic E-state index is 0.127. The lowest BCUT2D eigenvalue weighted by molar-refractivity contribution is -0.384. The molecule has 0 saturated carbocycles. The van der Waals surface area contributed by atoms with Crippen molar-refractivity contribution in [1.82, 2.24) is 5.32 Å². The third-order valence-corrected chi connectivity index (χ3v) is 4.32. The molecule has 0 aliphatic carbocycles. The van der Waals surface area contributed by atoms with E-state index in [4.69, 9.17) is 4.74 Å². The molecule has 0 spiro atoms. The highest BCUT2D eigenvalue weighted by atomic mass is 16.6. The van der Waals surface area contributed by atoms with Gasteiger partial charge in [-0.05, 0) is 35.4 Å². The van der Waals surface area contributed by atoms with E-state index in [1.54, 1.807) is 0 Å². The lowest BCUT2D eigenvalue weighted by Gasteiger charge is -2.16. The smallest absolute Gasteiger partial charge is 0.338 e. The number of hydrogen-bond donors (Lipinski definition) is 1. The summed E-state index contributed by atoms with van der Waals surface area (Å²) in [7, 11) is 0. The number of carbonyl (C=O) groups is 2. The minimum Gasteiger partial charge on any atom is -0.452 e. The van der Waals surface area contributed by atoms with Gasteiger partial charge in [0.2, 0.25) is 0 Å². The van der Waals surface area contributed by atoms with Crippen LogP contribution in [0.5, 0.6) is 0 Å². The molecule has 0 aliphatic rings. The number of rotatable bonds is 6. The molecule has 3 aromatic rings. The molecule has 0 heterocycles. The Hall–Kier alpha value is -3.74. The molecule has 7 nitrogen and oxygen atoms in total. The average Bonchev–Trinajstić information content (AvgIpc) is 2.71. The normalized spacial score (nSPS) is 11.6. The highest BCUT2D eigenvalue weighted by molar-refractivity contribution is 5.92. The van der Waals surface area contributed by atoms with Crippen LogP contribution in [0.15, 0.2) is 66.7 Å². The molecule has 3 aromatic carbocycles. The fraction of sp³-hybridized carbons (Fsp3) is 0.143. The topological polar surface area (TPSA) is 98.5 Å². The van der Waals surface area contributed by atoms with Gasteiger partial charge in [-0.1, -0.05) is 42.5 Å². The Labute approximate surface area is 161 Å². The summed E-state index contributed by atoms with van der Waals surface area (Å²) in [5.41, 5.74) is 0.979. The van der Waals surface area contributed by atoms with Crippen LogP contribution in [0.25, 0.3) is 10.8 Å². The second-order valence-electron chi connectivity index (χ2n) is 6.24. The predicted octanol–water partition coefficient (Wildman–Crippen LogP) is 3.78. The van der Waals surface area contributed by atoms with Crippen molar-refractivity contribution in [3.63, 3.8) is 0 Å². The molecule has 3 rings (SSSR count). The number of fused-ring (bicyclic) bond motifs is 1. The molecule has 0 aromatic heterocycles. The van der Waals surface area contributed by atoms with Crippen molar-refractivity contribution in [2.75, 3.05) is 6.61 Å². The summed E-state index contributed by atoms with van der Waals surface area (Å²) in [4.78, 5) is 34.2. The number of non-ortho nitro benzene ring substituents is 1.